The molecule has 0 aromatic rings. The van der Waals surface area contributed by atoms with Gasteiger partial charge >= 0.3 is 5.97 Å². The number of hydrogen-bond acceptors (Lipinski definition) is 8. The van der Waals surface area contributed by atoms with Gasteiger partial charge in [0.15, 0.2) is 0 Å². The van der Waals surface area contributed by atoms with E-state index < -0.39 is 73.5 Å². The van der Waals surface area contributed by atoms with Crippen molar-refractivity contribution in [3.05, 3.63) is 0 Å². The van der Waals surface area contributed by atoms with E-state index in [1.807, 2.05) is 5.32 Å². The maximum atomic E-state index is 11.6. The highest BCUT2D eigenvalue weighted by molar-refractivity contribution is 5.92. The number of amides is 6. The van der Waals surface area contributed by atoms with Crippen LogP contribution >= 0.6 is 0 Å². The number of carboxylic acids is 1. The highest BCUT2D eigenvalue weighted by Crippen LogP contribution is 1.91. The van der Waals surface area contributed by atoms with Gasteiger partial charge in [-0.15, -0.1) is 0 Å². The molecule has 0 saturated carbocycles. The monoisotopic (exact) mass is 417 g/mol. The molecule has 0 aliphatic carbocycles. The highest BCUT2D eigenvalue weighted by atomic mass is 16.4. The highest BCUT2D eigenvalue weighted by Gasteiger charge is 2.22. The first-order valence-corrected chi connectivity index (χ1v) is 8.12. The summed E-state index contributed by atoms with van der Waals surface area (Å²) in [5, 5.41) is 19.5. The van der Waals surface area contributed by atoms with E-state index in [4.69, 9.17) is 16.6 Å². The number of hydrogen-bond donors (Lipinski definition) is 8. The zero-order valence-electron chi connectivity index (χ0n) is 15.3. The Kier molecular flexibility index (Phi) is 11.7. The molecule has 0 heterocycles. The molecule has 6 amide bonds. The van der Waals surface area contributed by atoms with Crippen LogP contribution in [0.25, 0.3) is 0 Å². The quantitative estimate of drug-likeness (QED) is 0.142. The molecular formula is C14H23N7O8. The molecule has 1 unspecified atom stereocenters. The van der Waals surface area contributed by atoms with Crippen molar-refractivity contribution in [1.82, 2.24) is 26.6 Å². The lowest BCUT2D eigenvalue weighted by Crippen LogP contribution is -2.48. The zero-order valence-corrected chi connectivity index (χ0v) is 15.3. The van der Waals surface area contributed by atoms with Crippen molar-refractivity contribution in [3.8, 4) is 0 Å². The summed E-state index contributed by atoms with van der Waals surface area (Å²) >= 11 is 0. The fourth-order valence-corrected chi connectivity index (χ4v) is 1.62. The second-order valence-corrected chi connectivity index (χ2v) is 5.44. The van der Waals surface area contributed by atoms with Crippen LogP contribution in [0.1, 0.15) is 6.42 Å². The third-order valence-electron chi connectivity index (χ3n) is 3.01. The molecule has 15 nitrogen and oxygen atoms in total. The average molecular weight is 417 g/mol. The van der Waals surface area contributed by atoms with E-state index in [0.717, 1.165) is 0 Å². The van der Waals surface area contributed by atoms with Gasteiger partial charge in [0.25, 0.3) is 0 Å². The topological polar surface area (TPSA) is 252 Å². The van der Waals surface area contributed by atoms with Crippen LogP contribution in [0.5, 0.6) is 0 Å². The molecule has 0 aromatic carbocycles. The van der Waals surface area contributed by atoms with Crippen molar-refractivity contribution in [1.29, 1.82) is 0 Å². The minimum atomic E-state index is -1.53. The largest absolute Gasteiger partial charge is 0.480 e. The normalized spacial score (nSPS) is 10.8. The Labute approximate surface area is 164 Å². The second-order valence-electron chi connectivity index (χ2n) is 5.44. The minimum Gasteiger partial charge on any atom is -0.480 e. The number of aliphatic carboxylic acids is 1. The third kappa shape index (κ3) is 13.1. The lowest BCUT2D eigenvalue weighted by Gasteiger charge is -2.13. The summed E-state index contributed by atoms with van der Waals surface area (Å²) in [4.78, 5) is 78.5. The van der Waals surface area contributed by atoms with Crippen LogP contribution in [0.15, 0.2) is 0 Å². The van der Waals surface area contributed by atoms with E-state index >= 15 is 0 Å². The Hall–Kier alpha value is -3.75. The molecule has 29 heavy (non-hydrogen) atoms. The predicted octanol–water partition coefficient (Wildman–Crippen LogP) is -6.15. The van der Waals surface area contributed by atoms with Gasteiger partial charge in [0.1, 0.15) is 6.04 Å². The maximum Gasteiger partial charge on any atom is 0.326 e. The van der Waals surface area contributed by atoms with Gasteiger partial charge in [-0.25, -0.2) is 4.79 Å². The summed E-state index contributed by atoms with van der Waals surface area (Å²) in [5.74, 6) is -5.96. The molecule has 10 N–H and O–H groups in total. The fourth-order valence-electron chi connectivity index (χ4n) is 1.62. The Bertz CT molecular complexity index is 666. The molecule has 1 atom stereocenters. The van der Waals surface area contributed by atoms with Crippen molar-refractivity contribution in [2.75, 3.05) is 32.7 Å². The number of nitrogens with two attached hydrogens (primary N) is 2. The maximum absolute atomic E-state index is 11.6. The lowest BCUT2D eigenvalue weighted by atomic mass is 10.2. The molecule has 0 aromatic heterocycles. The van der Waals surface area contributed by atoms with Crippen molar-refractivity contribution in [3.63, 3.8) is 0 Å². The first-order chi connectivity index (χ1) is 13.5. The van der Waals surface area contributed by atoms with Gasteiger partial charge < -0.3 is 43.2 Å². The van der Waals surface area contributed by atoms with Crippen molar-refractivity contribution >= 4 is 41.4 Å². The smallest absolute Gasteiger partial charge is 0.326 e. The van der Waals surface area contributed by atoms with Gasteiger partial charge in [0.2, 0.25) is 35.4 Å². The number of carboxylic acid groups (broad SMARTS) is 1. The molecule has 0 rings (SSSR count). The van der Waals surface area contributed by atoms with Gasteiger partial charge in [-0.3, -0.25) is 28.8 Å². The summed E-state index contributed by atoms with van der Waals surface area (Å²) in [6, 6.07) is -1.53. The molecule has 15 heteroatoms. The van der Waals surface area contributed by atoms with Crippen LogP contribution in [0.2, 0.25) is 0 Å². The molecule has 0 aliphatic rings. The molecule has 0 fully saturated rings. The van der Waals surface area contributed by atoms with E-state index in [0.29, 0.717) is 0 Å². The Morgan fingerprint density at radius 3 is 1.41 bits per heavy atom. The summed E-state index contributed by atoms with van der Waals surface area (Å²) < 4.78 is 0. The Morgan fingerprint density at radius 2 is 1.07 bits per heavy atom. The summed E-state index contributed by atoms with van der Waals surface area (Å²) in [6.07, 6.45) is -0.618. The number of primary amides is 1. The van der Waals surface area contributed by atoms with Gasteiger partial charge in [0.05, 0.1) is 39.1 Å². The minimum absolute atomic E-state index is 0.289. The fraction of sp³-hybridized carbons (Fsp3) is 0.500. The first-order valence-electron chi connectivity index (χ1n) is 8.12. The van der Waals surface area contributed by atoms with Gasteiger partial charge in [-0.2, -0.15) is 0 Å². The van der Waals surface area contributed by atoms with Crippen molar-refractivity contribution < 1.29 is 38.7 Å². The molecule has 0 saturated heterocycles. The van der Waals surface area contributed by atoms with E-state index in [1.165, 1.54) is 0 Å². The molecule has 0 spiro atoms. The van der Waals surface area contributed by atoms with E-state index in [2.05, 4.69) is 21.3 Å². The summed E-state index contributed by atoms with van der Waals surface area (Å²) in [7, 11) is 0. The predicted molar refractivity (Wildman–Crippen MR) is 94.5 cm³/mol. The van der Waals surface area contributed by atoms with Crippen LogP contribution in [0.3, 0.4) is 0 Å². The van der Waals surface area contributed by atoms with Crippen LogP contribution in [0, 0.1) is 0 Å². The third-order valence-corrected chi connectivity index (χ3v) is 3.01. The molecule has 162 valence electrons. The van der Waals surface area contributed by atoms with E-state index in [1.54, 1.807) is 0 Å². The van der Waals surface area contributed by atoms with Crippen molar-refractivity contribution in [2.24, 2.45) is 11.5 Å². The number of carbonyl (C=O) groups is 7. The SMILES string of the molecule is NCC(=O)NCC(=O)NCC(=O)NCC(=O)NCC(=O)NC(CC(N)=O)C(=O)O. The molecule has 0 aliphatic heterocycles. The van der Waals surface area contributed by atoms with Crippen LogP contribution in [-0.2, 0) is 33.6 Å². The lowest BCUT2D eigenvalue weighted by molar-refractivity contribution is -0.143. The van der Waals surface area contributed by atoms with Crippen LogP contribution < -0.4 is 38.1 Å². The Balaban J connectivity index is 4.07. The molecular weight excluding hydrogens is 394 g/mol. The summed E-state index contributed by atoms with van der Waals surface area (Å²) in [5.41, 5.74) is 9.90. The first kappa shape index (κ1) is 25.2. The van der Waals surface area contributed by atoms with Gasteiger partial charge in [-0.1, -0.05) is 0 Å². The molecule has 0 radical (unpaired) electrons. The second kappa shape index (κ2) is 13.4. The number of carbonyl (C=O) groups excluding carboxylic acids is 6. The molecule has 0 bridgehead atoms. The Morgan fingerprint density at radius 1 is 0.690 bits per heavy atom. The zero-order chi connectivity index (χ0) is 22.4. The van der Waals surface area contributed by atoms with Crippen LogP contribution in [-0.4, -0.2) is 85.3 Å². The van der Waals surface area contributed by atoms with Crippen molar-refractivity contribution in [2.45, 2.75) is 12.5 Å². The number of nitrogens with one attached hydrogen (secondary N) is 5. The van der Waals surface area contributed by atoms with Crippen LogP contribution in [0.4, 0.5) is 0 Å². The standard InChI is InChI=1S/C14H23N7O8/c15-2-9(23)17-3-10(24)18-4-11(25)19-5-12(26)20-6-13(27)21-7(14(28)29)1-8(16)22/h7H,1-6,15H2,(H2,16,22)(H,17,23)(H,18,24)(H,19,25)(H,20,26)(H,21,27)(H,28,29). The average Bonchev–Trinajstić information content (AvgIpc) is 2.66. The van der Waals surface area contributed by atoms with Gasteiger partial charge in [-0.05, 0) is 0 Å². The van der Waals surface area contributed by atoms with Gasteiger partial charge in [0, 0.05) is 0 Å². The van der Waals surface area contributed by atoms with E-state index in [9.17, 15) is 33.6 Å². The number of rotatable bonds is 13. The van der Waals surface area contributed by atoms with E-state index in [-0.39, 0.29) is 13.1 Å². The summed E-state index contributed by atoms with van der Waals surface area (Å²) in [6.45, 7) is -2.24.